The summed E-state index contributed by atoms with van der Waals surface area (Å²) in [5.41, 5.74) is 5.99. The van der Waals surface area contributed by atoms with Gasteiger partial charge in [-0.15, -0.1) is 0 Å². The summed E-state index contributed by atoms with van der Waals surface area (Å²) in [5, 5.41) is 3.54. The predicted molar refractivity (Wildman–Crippen MR) is 76.2 cm³/mol. The standard InChI is InChI=1S/C14H24N4O/c1-3-19-13-8-12(16-10-17-13)18-14(9-15)7-5-4-6-11(14)2/h8,10-11H,3-7,9,15H2,1-2H3,(H,16,17,18). The molecule has 0 spiro atoms. The molecule has 0 radical (unpaired) electrons. The monoisotopic (exact) mass is 264 g/mol. The van der Waals surface area contributed by atoms with E-state index in [4.69, 9.17) is 10.5 Å². The number of aromatic nitrogens is 2. The second-order valence-corrected chi connectivity index (χ2v) is 5.31. The predicted octanol–water partition coefficient (Wildman–Crippen LogP) is 2.19. The number of nitrogens with one attached hydrogen (secondary N) is 1. The van der Waals surface area contributed by atoms with Gasteiger partial charge in [0.15, 0.2) is 0 Å². The zero-order chi connectivity index (χ0) is 13.7. The zero-order valence-electron chi connectivity index (χ0n) is 11.9. The summed E-state index contributed by atoms with van der Waals surface area (Å²) in [5.74, 6) is 1.96. The molecule has 2 atom stereocenters. The van der Waals surface area contributed by atoms with Crippen molar-refractivity contribution in [2.24, 2.45) is 11.7 Å². The van der Waals surface area contributed by atoms with Crippen molar-refractivity contribution in [1.82, 2.24) is 9.97 Å². The van der Waals surface area contributed by atoms with Gasteiger partial charge in [0.25, 0.3) is 0 Å². The quantitative estimate of drug-likeness (QED) is 0.853. The minimum Gasteiger partial charge on any atom is -0.478 e. The molecule has 1 aromatic rings. The highest BCUT2D eigenvalue weighted by Gasteiger charge is 2.37. The van der Waals surface area contributed by atoms with E-state index in [1.54, 1.807) is 0 Å². The Morgan fingerprint density at radius 1 is 1.47 bits per heavy atom. The van der Waals surface area contributed by atoms with Crippen molar-refractivity contribution in [3.8, 4) is 5.88 Å². The van der Waals surface area contributed by atoms with E-state index in [1.165, 1.54) is 25.6 Å². The van der Waals surface area contributed by atoms with Crippen molar-refractivity contribution >= 4 is 5.82 Å². The van der Waals surface area contributed by atoms with E-state index in [2.05, 4.69) is 22.2 Å². The van der Waals surface area contributed by atoms with Crippen LogP contribution in [-0.2, 0) is 0 Å². The summed E-state index contributed by atoms with van der Waals surface area (Å²) in [6, 6.07) is 1.85. The first-order valence-corrected chi connectivity index (χ1v) is 7.13. The molecule has 2 unspecified atom stereocenters. The van der Waals surface area contributed by atoms with Crippen molar-refractivity contribution in [1.29, 1.82) is 0 Å². The van der Waals surface area contributed by atoms with Crippen LogP contribution in [0.25, 0.3) is 0 Å². The molecule has 1 aromatic heterocycles. The minimum absolute atomic E-state index is 0.0455. The van der Waals surface area contributed by atoms with Crippen molar-refractivity contribution in [2.45, 2.75) is 45.1 Å². The fourth-order valence-electron chi connectivity index (χ4n) is 2.84. The lowest BCUT2D eigenvalue weighted by molar-refractivity contribution is 0.235. The van der Waals surface area contributed by atoms with E-state index in [-0.39, 0.29) is 5.54 Å². The topological polar surface area (TPSA) is 73.1 Å². The van der Waals surface area contributed by atoms with E-state index in [9.17, 15) is 0 Å². The van der Waals surface area contributed by atoms with Crippen molar-refractivity contribution in [3.63, 3.8) is 0 Å². The molecule has 1 aliphatic rings. The average Bonchev–Trinajstić information content (AvgIpc) is 2.42. The van der Waals surface area contributed by atoms with Gasteiger partial charge < -0.3 is 15.8 Å². The summed E-state index contributed by atoms with van der Waals surface area (Å²) in [6.45, 7) is 5.44. The van der Waals surface area contributed by atoms with Gasteiger partial charge in [-0.3, -0.25) is 0 Å². The highest BCUT2D eigenvalue weighted by atomic mass is 16.5. The van der Waals surface area contributed by atoms with Gasteiger partial charge in [0, 0.05) is 12.6 Å². The number of nitrogens with two attached hydrogens (primary N) is 1. The van der Waals surface area contributed by atoms with Gasteiger partial charge in [-0.05, 0) is 25.7 Å². The molecule has 3 N–H and O–H groups in total. The van der Waals surface area contributed by atoms with Crippen molar-refractivity contribution in [2.75, 3.05) is 18.5 Å². The highest BCUT2D eigenvalue weighted by Crippen LogP contribution is 2.35. The Balaban J connectivity index is 2.15. The summed E-state index contributed by atoms with van der Waals surface area (Å²) in [4.78, 5) is 8.37. The highest BCUT2D eigenvalue weighted by molar-refractivity contribution is 5.41. The van der Waals surface area contributed by atoms with Crippen LogP contribution >= 0.6 is 0 Å². The molecular weight excluding hydrogens is 240 g/mol. The second-order valence-electron chi connectivity index (χ2n) is 5.31. The van der Waals surface area contributed by atoms with E-state index >= 15 is 0 Å². The van der Waals surface area contributed by atoms with E-state index < -0.39 is 0 Å². The molecule has 5 heteroatoms. The molecule has 0 aliphatic heterocycles. The Bertz CT molecular complexity index is 412. The third-order valence-corrected chi connectivity index (χ3v) is 4.13. The Morgan fingerprint density at radius 3 is 3.00 bits per heavy atom. The number of anilines is 1. The van der Waals surface area contributed by atoms with Gasteiger partial charge in [0.05, 0.1) is 12.1 Å². The van der Waals surface area contributed by atoms with Gasteiger partial charge in [-0.25, -0.2) is 9.97 Å². The van der Waals surface area contributed by atoms with Crippen LogP contribution in [0.4, 0.5) is 5.82 Å². The average molecular weight is 264 g/mol. The first kappa shape index (κ1) is 14.1. The van der Waals surface area contributed by atoms with Crippen LogP contribution in [0.15, 0.2) is 12.4 Å². The maximum Gasteiger partial charge on any atom is 0.218 e. The summed E-state index contributed by atoms with van der Waals surface area (Å²) >= 11 is 0. The van der Waals surface area contributed by atoms with Gasteiger partial charge in [-0.1, -0.05) is 19.8 Å². The van der Waals surface area contributed by atoms with Crippen LogP contribution in [0, 0.1) is 5.92 Å². The van der Waals surface area contributed by atoms with E-state index in [0.717, 1.165) is 12.2 Å². The van der Waals surface area contributed by atoms with Gasteiger partial charge >= 0.3 is 0 Å². The third-order valence-electron chi connectivity index (χ3n) is 4.13. The number of ether oxygens (including phenoxy) is 1. The lowest BCUT2D eigenvalue weighted by Gasteiger charge is -2.43. The second kappa shape index (κ2) is 6.19. The van der Waals surface area contributed by atoms with Crippen LogP contribution in [0.2, 0.25) is 0 Å². The summed E-state index contributed by atoms with van der Waals surface area (Å²) in [7, 11) is 0. The van der Waals surface area contributed by atoms with Gasteiger partial charge in [0.1, 0.15) is 12.1 Å². The summed E-state index contributed by atoms with van der Waals surface area (Å²) in [6.07, 6.45) is 6.35. The fraction of sp³-hybridized carbons (Fsp3) is 0.714. The molecule has 19 heavy (non-hydrogen) atoms. The van der Waals surface area contributed by atoms with E-state index in [1.807, 2.05) is 13.0 Å². The van der Waals surface area contributed by atoms with E-state index in [0.29, 0.717) is 24.9 Å². The maximum atomic E-state index is 6.04. The van der Waals surface area contributed by atoms with Crippen LogP contribution < -0.4 is 15.8 Å². The fourth-order valence-corrected chi connectivity index (χ4v) is 2.84. The molecule has 1 fully saturated rings. The summed E-state index contributed by atoms with van der Waals surface area (Å²) < 4.78 is 5.41. The maximum absolute atomic E-state index is 6.04. The van der Waals surface area contributed by atoms with Crippen molar-refractivity contribution in [3.05, 3.63) is 12.4 Å². The normalized spacial score (nSPS) is 27.0. The molecule has 1 aliphatic carbocycles. The molecule has 0 saturated heterocycles. The number of nitrogens with zero attached hydrogens (tertiary/aromatic N) is 2. The van der Waals surface area contributed by atoms with Gasteiger partial charge in [0.2, 0.25) is 5.88 Å². The molecule has 106 valence electrons. The molecule has 0 bridgehead atoms. The first-order chi connectivity index (χ1) is 9.20. The Morgan fingerprint density at radius 2 is 2.32 bits per heavy atom. The third kappa shape index (κ3) is 3.15. The molecule has 5 nitrogen and oxygen atoms in total. The lowest BCUT2D eigenvalue weighted by atomic mass is 9.73. The zero-order valence-corrected chi connectivity index (χ0v) is 11.9. The molecule has 1 saturated carbocycles. The number of hydrogen-bond donors (Lipinski definition) is 2. The van der Waals surface area contributed by atoms with Crippen LogP contribution in [0.1, 0.15) is 39.5 Å². The Hall–Kier alpha value is -1.36. The Labute approximate surface area is 115 Å². The molecule has 2 rings (SSSR count). The molecule has 0 amide bonds. The molecule has 1 heterocycles. The van der Waals surface area contributed by atoms with Crippen molar-refractivity contribution < 1.29 is 4.74 Å². The molecular formula is C14H24N4O. The first-order valence-electron chi connectivity index (χ1n) is 7.13. The van der Waals surface area contributed by atoms with Crippen LogP contribution in [-0.4, -0.2) is 28.7 Å². The molecule has 0 aromatic carbocycles. The van der Waals surface area contributed by atoms with Crippen LogP contribution in [0.3, 0.4) is 0 Å². The Kier molecular flexibility index (Phi) is 4.58. The smallest absolute Gasteiger partial charge is 0.218 e. The van der Waals surface area contributed by atoms with Crippen LogP contribution in [0.5, 0.6) is 5.88 Å². The SMILES string of the molecule is CCOc1cc(NC2(CN)CCCCC2C)ncn1. The minimum atomic E-state index is -0.0455. The number of rotatable bonds is 5. The van der Waals surface area contributed by atoms with Gasteiger partial charge in [-0.2, -0.15) is 0 Å². The largest absolute Gasteiger partial charge is 0.478 e. The lowest BCUT2D eigenvalue weighted by Crippen LogP contribution is -2.52. The number of hydrogen-bond acceptors (Lipinski definition) is 5.